The van der Waals surface area contributed by atoms with E-state index in [1.807, 2.05) is 24.3 Å². The van der Waals surface area contributed by atoms with Gasteiger partial charge < -0.3 is 21.1 Å². The van der Waals surface area contributed by atoms with Gasteiger partial charge in [0.25, 0.3) is 5.91 Å². The highest BCUT2D eigenvalue weighted by molar-refractivity contribution is 5.80. The van der Waals surface area contributed by atoms with Crippen LogP contribution in [0.5, 0.6) is 5.75 Å². The van der Waals surface area contributed by atoms with Gasteiger partial charge in [0.05, 0.1) is 0 Å². The molecular weight excluding hydrogens is 280 g/mol. The van der Waals surface area contributed by atoms with Crippen LogP contribution in [0.15, 0.2) is 29.3 Å². The molecule has 0 aliphatic rings. The van der Waals surface area contributed by atoms with Crippen LogP contribution in [0.25, 0.3) is 0 Å². The van der Waals surface area contributed by atoms with Crippen LogP contribution < -0.4 is 21.1 Å². The van der Waals surface area contributed by atoms with Crippen LogP contribution in [0.3, 0.4) is 0 Å². The molecule has 4 N–H and O–H groups in total. The summed E-state index contributed by atoms with van der Waals surface area (Å²) in [5.41, 5.74) is 6.18. The minimum absolute atomic E-state index is 0.0265. The van der Waals surface area contributed by atoms with E-state index in [4.69, 9.17) is 10.5 Å². The number of hydrogen-bond acceptors (Lipinski definition) is 3. The maximum atomic E-state index is 10.6. The monoisotopic (exact) mass is 306 g/mol. The first kappa shape index (κ1) is 17.8. The Bertz CT molecular complexity index is 504. The SMILES string of the molecule is CN=C(NCCc1ccc(OCC(N)=O)cc1)NC(C)(C)C. The summed E-state index contributed by atoms with van der Waals surface area (Å²) < 4.78 is 5.22. The van der Waals surface area contributed by atoms with E-state index in [-0.39, 0.29) is 12.1 Å². The molecule has 6 nitrogen and oxygen atoms in total. The van der Waals surface area contributed by atoms with Crippen molar-refractivity contribution >= 4 is 11.9 Å². The minimum Gasteiger partial charge on any atom is -0.484 e. The molecule has 0 spiro atoms. The number of guanidine groups is 1. The van der Waals surface area contributed by atoms with Crippen LogP contribution >= 0.6 is 0 Å². The number of rotatable bonds is 6. The Balaban J connectivity index is 2.40. The molecule has 0 radical (unpaired) electrons. The Morgan fingerprint density at radius 2 is 1.91 bits per heavy atom. The second-order valence-corrected chi connectivity index (χ2v) is 6.02. The maximum Gasteiger partial charge on any atom is 0.255 e. The summed E-state index contributed by atoms with van der Waals surface area (Å²) in [7, 11) is 1.76. The molecule has 0 aliphatic heterocycles. The molecule has 1 aromatic rings. The molecule has 0 saturated heterocycles. The van der Waals surface area contributed by atoms with E-state index in [9.17, 15) is 4.79 Å². The predicted molar refractivity (Wildman–Crippen MR) is 89.1 cm³/mol. The van der Waals surface area contributed by atoms with Crippen LogP contribution in [0, 0.1) is 0 Å². The first-order chi connectivity index (χ1) is 10.3. The van der Waals surface area contributed by atoms with Crippen LogP contribution in [0.1, 0.15) is 26.3 Å². The first-order valence-corrected chi connectivity index (χ1v) is 7.29. The second kappa shape index (κ2) is 8.26. The Labute approximate surface area is 132 Å². The van der Waals surface area contributed by atoms with Crippen LogP contribution in [0.2, 0.25) is 0 Å². The van der Waals surface area contributed by atoms with Gasteiger partial charge in [-0.3, -0.25) is 9.79 Å². The smallest absolute Gasteiger partial charge is 0.255 e. The van der Waals surface area contributed by atoms with Gasteiger partial charge in [-0.15, -0.1) is 0 Å². The van der Waals surface area contributed by atoms with Gasteiger partial charge >= 0.3 is 0 Å². The number of benzene rings is 1. The van der Waals surface area contributed by atoms with Crippen molar-refractivity contribution in [1.29, 1.82) is 0 Å². The first-order valence-electron chi connectivity index (χ1n) is 7.29. The van der Waals surface area contributed by atoms with Crippen LogP contribution in [0.4, 0.5) is 0 Å². The molecule has 0 bridgehead atoms. The average molecular weight is 306 g/mol. The summed E-state index contributed by atoms with van der Waals surface area (Å²) in [6.45, 7) is 6.94. The summed E-state index contributed by atoms with van der Waals surface area (Å²) >= 11 is 0. The second-order valence-electron chi connectivity index (χ2n) is 6.02. The molecule has 0 aliphatic carbocycles. The topological polar surface area (TPSA) is 88.7 Å². The lowest BCUT2D eigenvalue weighted by Gasteiger charge is -2.23. The quantitative estimate of drug-likeness (QED) is 0.541. The predicted octanol–water partition coefficient (Wildman–Crippen LogP) is 1.06. The highest BCUT2D eigenvalue weighted by Crippen LogP contribution is 2.12. The fourth-order valence-electron chi connectivity index (χ4n) is 1.77. The maximum absolute atomic E-state index is 10.6. The molecule has 0 atom stereocenters. The van der Waals surface area contributed by atoms with Crippen LogP contribution in [-0.4, -0.2) is 37.6 Å². The van der Waals surface area contributed by atoms with Gasteiger partial charge in [-0.1, -0.05) is 12.1 Å². The molecule has 1 aromatic carbocycles. The number of hydrogen-bond donors (Lipinski definition) is 3. The van der Waals surface area contributed by atoms with E-state index in [0.29, 0.717) is 5.75 Å². The minimum atomic E-state index is -0.481. The van der Waals surface area contributed by atoms with E-state index in [2.05, 4.69) is 36.4 Å². The zero-order chi connectivity index (χ0) is 16.6. The number of nitrogens with two attached hydrogens (primary N) is 1. The van der Waals surface area contributed by atoms with Crippen molar-refractivity contribution in [1.82, 2.24) is 10.6 Å². The standard InChI is InChI=1S/C16H26N4O2/c1-16(2,3)20-15(18-4)19-10-9-12-5-7-13(8-6-12)22-11-14(17)21/h5-8H,9-11H2,1-4H3,(H2,17,21)(H2,18,19,20). The Morgan fingerprint density at radius 1 is 1.27 bits per heavy atom. The van der Waals surface area contributed by atoms with E-state index in [1.165, 1.54) is 5.56 Å². The highest BCUT2D eigenvalue weighted by atomic mass is 16.5. The molecule has 0 aromatic heterocycles. The van der Waals surface area contributed by atoms with Crippen LogP contribution in [-0.2, 0) is 11.2 Å². The average Bonchev–Trinajstić information content (AvgIpc) is 2.44. The summed E-state index contributed by atoms with van der Waals surface area (Å²) in [6, 6.07) is 7.61. The molecular formula is C16H26N4O2. The molecule has 0 unspecified atom stereocenters. The van der Waals surface area contributed by atoms with Gasteiger partial charge in [0.2, 0.25) is 0 Å². The number of aliphatic imine (C=N–C) groups is 1. The van der Waals surface area contributed by atoms with Crippen molar-refractivity contribution in [2.75, 3.05) is 20.2 Å². The van der Waals surface area contributed by atoms with E-state index >= 15 is 0 Å². The third-order valence-electron chi connectivity index (χ3n) is 2.73. The van der Waals surface area contributed by atoms with Gasteiger partial charge in [0, 0.05) is 19.1 Å². The molecule has 0 saturated carbocycles. The Morgan fingerprint density at radius 3 is 2.41 bits per heavy atom. The number of ether oxygens (including phenoxy) is 1. The summed E-state index contributed by atoms with van der Waals surface area (Å²) in [4.78, 5) is 14.8. The van der Waals surface area contributed by atoms with Gasteiger partial charge in [-0.25, -0.2) is 0 Å². The zero-order valence-corrected chi connectivity index (χ0v) is 13.8. The lowest BCUT2D eigenvalue weighted by molar-refractivity contribution is -0.119. The number of amides is 1. The Hall–Kier alpha value is -2.24. The van der Waals surface area contributed by atoms with Gasteiger partial charge in [-0.2, -0.15) is 0 Å². The molecule has 1 rings (SSSR count). The van der Waals surface area contributed by atoms with Gasteiger partial charge in [0.1, 0.15) is 5.75 Å². The lowest BCUT2D eigenvalue weighted by atomic mass is 10.1. The number of primary amides is 1. The third-order valence-corrected chi connectivity index (χ3v) is 2.73. The molecule has 0 fully saturated rings. The fraction of sp³-hybridized carbons (Fsp3) is 0.500. The number of carbonyl (C=O) groups is 1. The number of carbonyl (C=O) groups excluding carboxylic acids is 1. The van der Waals surface area contributed by atoms with E-state index in [1.54, 1.807) is 7.05 Å². The Kier molecular flexibility index (Phi) is 6.69. The molecule has 0 heterocycles. The van der Waals surface area contributed by atoms with E-state index in [0.717, 1.165) is 18.9 Å². The lowest BCUT2D eigenvalue weighted by Crippen LogP contribution is -2.48. The van der Waals surface area contributed by atoms with Crippen molar-refractivity contribution in [3.05, 3.63) is 29.8 Å². The third kappa shape index (κ3) is 7.52. The fourth-order valence-corrected chi connectivity index (χ4v) is 1.77. The molecule has 122 valence electrons. The normalized spacial score (nSPS) is 11.9. The largest absolute Gasteiger partial charge is 0.484 e. The van der Waals surface area contributed by atoms with Gasteiger partial charge in [-0.05, 0) is 44.9 Å². The van der Waals surface area contributed by atoms with E-state index < -0.39 is 5.91 Å². The number of nitrogens with one attached hydrogen (secondary N) is 2. The summed E-state index contributed by atoms with van der Waals surface area (Å²) in [5, 5.41) is 6.58. The molecule has 22 heavy (non-hydrogen) atoms. The van der Waals surface area contributed by atoms with Gasteiger partial charge in [0.15, 0.2) is 12.6 Å². The van der Waals surface area contributed by atoms with Crippen molar-refractivity contribution in [3.8, 4) is 5.75 Å². The van der Waals surface area contributed by atoms with Crippen molar-refractivity contribution in [3.63, 3.8) is 0 Å². The van der Waals surface area contributed by atoms with Crippen molar-refractivity contribution < 1.29 is 9.53 Å². The summed E-state index contributed by atoms with van der Waals surface area (Å²) in [6.07, 6.45) is 0.862. The summed E-state index contributed by atoms with van der Waals surface area (Å²) in [5.74, 6) is 0.945. The molecule has 6 heteroatoms. The number of nitrogens with zero attached hydrogens (tertiary/aromatic N) is 1. The van der Waals surface area contributed by atoms with Crippen molar-refractivity contribution in [2.24, 2.45) is 10.7 Å². The van der Waals surface area contributed by atoms with Crippen molar-refractivity contribution in [2.45, 2.75) is 32.7 Å². The highest BCUT2D eigenvalue weighted by Gasteiger charge is 2.11. The molecule has 1 amide bonds. The zero-order valence-electron chi connectivity index (χ0n) is 13.8.